The first-order chi connectivity index (χ1) is 9.93. The van der Waals surface area contributed by atoms with Crippen molar-refractivity contribution in [3.05, 3.63) is 0 Å². The van der Waals surface area contributed by atoms with Crippen LogP contribution in [0.3, 0.4) is 0 Å². The summed E-state index contributed by atoms with van der Waals surface area (Å²) in [5, 5.41) is 2.97. The number of amides is 2. The zero-order chi connectivity index (χ0) is 15.6. The molecular weight excluding hydrogens is 264 g/mol. The largest absolute Gasteiger partial charge is 0.340 e. The lowest BCUT2D eigenvalue weighted by molar-refractivity contribution is -0.155. The standard InChI is InChI=1S/C17H30N2O2/c1-5-17(6-2)16(21)19(13(4)15(20)18-17)11-14-9-7-8-12(3)10-14/h12-14H,5-11H2,1-4H3,(H,18,20). The Morgan fingerprint density at radius 3 is 2.43 bits per heavy atom. The molecule has 1 aliphatic carbocycles. The molecule has 0 aromatic heterocycles. The molecule has 0 bridgehead atoms. The molecule has 2 amide bonds. The average Bonchev–Trinajstić information content (AvgIpc) is 2.48. The monoisotopic (exact) mass is 294 g/mol. The van der Waals surface area contributed by atoms with E-state index in [9.17, 15) is 9.59 Å². The van der Waals surface area contributed by atoms with Crippen LogP contribution in [0.4, 0.5) is 0 Å². The van der Waals surface area contributed by atoms with E-state index in [4.69, 9.17) is 0 Å². The molecule has 3 atom stereocenters. The molecule has 1 N–H and O–H groups in total. The SMILES string of the molecule is CCC1(CC)NC(=O)C(C)N(CC2CCCC(C)C2)C1=O. The minimum Gasteiger partial charge on any atom is -0.340 e. The van der Waals surface area contributed by atoms with Crippen molar-refractivity contribution in [2.75, 3.05) is 6.54 Å². The second kappa shape index (κ2) is 6.37. The second-order valence-corrected chi connectivity index (χ2v) is 7.05. The fourth-order valence-electron chi connectivity index (χ4n) is 3.96. The van der Waals surface area contributed by atoms with Crippen molar-refractivity contribution in [2.24, 2.45) is 11.8 Å². The normalized spacial score (nSPS) is 33.0. The number of nitrogens with one attached hydrogen (secondary N) is 1. The Kier molecular flexibility index (Phi) is 4.95. The predicted molar refractivity (Wildman–Crippen MR) is 83.8 cm³/mol. The van der Waals surface area contributed by atoms with E-state index in [1.807, 2.05) is 25.7 Å². The zero-order valence-electron chi connectivity index (χ0n) is 13.9. The summed E-state index contributed by atoms with van der Waals surface area (Å²) in [6.45, 7) is 8.87. The van der Waals surface area contributed by atoms with Crippen molar-refractivity contribution in [2.45, 2.75) is 77.8 Å². The van der Waals surface area contributed by atoms with E-state index >= 15 is 0 Å². The van der Waals surface area contributed by atoms with Crippen LogP contribution in [0, 0.1) is 11.8 Å². The van der Waals surface area contributed by atoms with E-state index in [-0.39, 0.29) is 17.9 Å². The topological polar surface area (TPSA) is 49.4 Å². The van der Waals surface area contributed by atoms with E-state index in [2.05, 4.69) is 12.2 Å². The predicted octanol–water partition coefficient (Wildman–Crippen LogP) is 2.72. The second-order valence-electron chi connectivity index (χ2n) is 7.05. The van der Waals surface area contributed by atoms with Crippen molar-refractivity contribution in [3.63, 3.8) is 0 Å². The molecule has 120 valence electrons. The molecule has 4 nitrogen and oxygen atoms in total. The molecule has 0 aromatic rings. The van der Waals surface area contributed by atoms with Crippen molar-refractivity contribution < 1.29 is 9.59 Å². The van der Waals surface area contributed by atoms with Gasteiger partial charge in [-0.2, -0.15) is 0 Å². The molecular formula is C17H30N2O2. The minimum absolute atomic E-state index is 0.00200. The van der Waals surface area contributed by atoms with Gasteiger partial charge in [0.2, 0.25) is 11.8 Å². The molecule has 4 heteroatoms. The lowest BCUT2D eigenvalue weighted by Crippen LogP contribution is -2.69. The Bertz CT molecular complexity index is 404. The maximum absolute atomic E-state index is 12.9. The van der Waals surface area contributed by atoms with Crippen LogP contribution in [0.15, 0.2) is 0 Å². The van der Waals surface area contributed by atoms with Crippen LogP contribution in [-0.2, 0) is 9.59 Å². The number of piperazine rings is 1. The number of hydrogen-bond acceptors (Lipinski definition) is 2. The summed E-state index contributed by atoms with van der Waals surface area (Å²) in [4.78, 5) is 27.1. The summed E-state index contributed by atoms with van der Waals surface area (Å²) in [6.07, 6.45) is 6.25. The number of rotatable bonds is 4. The lowest BCUT2D eigenvalue weighted by atomic mass is 9.81. The van der Waals surface area contributed by atoms with Crippen molar-refractivity contribution >= 4 is 11.8 Å². The van der Waals surface area contributed by atoms with E-state index < -0.39 is 5.54 Å². The molecule has 21 heavy (non-hydrogen) atoms. The van der Waals surface area contributed by atoms with Crippen LogP contribution in [-0.4, -0.2) is 34.8 Å². The highest BCUT2D eigenvalue weighted by Gasteiger charge is 2.47. The molecule has 3 unspecified atom stereocenters. The summed E-state index contributed by atoms with van der Waals surface area (Å²) >= 11 is 0. The third kappa shape index (κ3) is 3.09. The van der Waals surface area contributed by atoms with Crippen LogP contribution in [0.1, 0.15) is 66.2 Å². The molecule has 1 saturated carbocycles. The smallest absolute Gasteiger partial charge is 0.248 e. The molecule has 0 aromatic carbocycles. The highest BCUT2D eigenvalue weighted by Crippen LogP contribution is 2.32. The van der Waals surface area contributed by atoms with E-state index in [1.54, 1.807) is 0 Å². The molecule has 0 spiro atoms. The Labute approximate surface area is 128 Å². The van der Waals surface area contributed by atoms with Gasteiger partial charge < -0.3 is 10.2 Å². The third-order valence-electron chi connectivity index (χ3n) is 5.59. The van der Waals surface area contributed by atoms with Crippen molar-refractivity contribution in [3.8, 4) is 0 Å². The van der Waals surface area contributed by atoms with Gasteiger partial charge in [0.1, 0.15) is 11.6 Å². The maximum atomic E-state index is 12.9. The Balaban J connectivity index is 2.15. The molecule has 1 heterocycles. The molecule has 2 fully saturated rings. The first kappa shape index (κ1) is 16.3. The van der Waals surface area contributed by atoms with Gasteiger partial charge in [-0.3, -0.25) is 9.59 Å². The Morgan fingerprint density at radius 1 is 1.19 bits per heavy atom. The average molecular weight is 294 g/mol. The zero-order valence-corrected chi connectivity index (χ0v) is 13.9. The third-order valence-corrected chi connectivity index (χ3v) is 5.59. The molecule has 2 aliphatic rings. The van der Waals surface area contributed by atoms with Gasteiger partial charge in [-0.25, -0.2) is 0 Å². The van der Waals surface area contributed by atoms with Crippen LogP contribution in [0.5, 0.6) is 0 Å². The Morgan fingerprint density at radius 2 is 1.86 bits per heavy atom. The van der Waals surface area contributed by atoms with E-state index in [0.29, 0.717) is 18.8 Å². The van der Waals surface area contributed by atoms with Gasteiger partial charge in [-0.15, -0.1) is 0 Å². The first-order valence-electron chi connectivity index (χ1n) is 8.56. The lowest BCUT2D eigenvalue weighted by Gasteiger charge is -2.46. The van der Waals surface area contributed by atoms with Gasteiger partial charge in [0, 0.05) is 6.54 Å². The van der Waals surface area contributed by atoms with Crippen LogP contribution in [0.25, 0.3) is 0 Å². The number of carbonyl (C=O) groups is 2. The maximum Gasteiger partial charge on any atom is 0.248 e. The summed E-state index contributed by atoms with van der Waals surface area (Å²) in [5.41, 5.74) is -0.677. The molecule has 1 aliphatic heterocycles. The van der Waals surface area contributed by atoms with Crippen LogP contribution in [0.2, 0.25) is 0 Å². The van der Waals surface area contributed by atoms with E-state index in [0.717, 1.165) is 12.5 Å². The van der Waals surface area contributed by atoms with Gasteiger partial charge >= 0.3 is 0 Å². The molecule has 0 radical (unpaired) electrons. The fourth-order valence-corrected chi connectivity index (χ4v) is 3.96. The summed E-state index contributed by atoms with van der Waals surface area (Å²) in [6, 6.07) is -0.332. The molecule has 2 rings (SSSR count). The van der Waals surface area contributed by atoms with Gasteiger partial charge in [-0.1, -0.05) is 33.6 Å². The fraction of sp³-hybridized carbons (Fsp3) is 0.882. The number of hydrogen-bond donors (Lipinski definition) is 1. The van der Waals surface area contributed by atoms with Crippen LogP contribution < -0.4 is 5.32 Å². The van der Waals surface area contributed by atoms with Crippen molar-refractivity contribution in [1.29, 1.82) is 0 Å². The summed E-state index contributed by atoms with van der Waals surface area (Å²) in [5.74, 6) is 1.42. The van der Waals surface area contributed by atoms with Crippen molar-refractivity contribution in [1.82, 2.24) is 10.2 Å². The van der Waals surface area contributed by atoms with Gasteiger partial charge in [0.25, 0.3) is 0 Å². The summed E-state index contributed by atoms with van der Waals surface area (Å²) < 4.78 is 0. The highest BCUT2D eigenvalue weighted by molar-refractivity contribution is 5.99. The highest BCUT2D eigenvalue weighted by atomic mass is 16.2. The van der Waals surface area contributed by atoms with Gasteiger partial charge in [0.05, 0.1) is 0 Å². The molecule has 1 saturated heterocycles. The summed E-state index contributed by atoms with van der Waals surface area (Å²) in [7, 11) is 0. The number of nitrogens with zero attached hydrogens (tertiary/aromatic N) is 1. The van der Waals surface area contributed by atoms with Gasteiger partial charge in [0.15, 0.2) is 0 Å². The van der Waals surface area contributed by atoms with Gasteiger partial charge in [-0.05, 0) is 44.4 Å². The quantitative estimate of drug-likeness (QED) is 0.866. The van der Waals surface area contributed by atoms with E-state index in [1.165, 1.54) is 25.7 Å². The number of carbonyl (C=O) groups excluding carboxylic acids is 2. The van der Waals surface area contributed by atoms with Crippen LogP contribution >= 0.6 is 0 Å². The minimum atomic E-state index is -0.677. The first-order valence-corrected chi connectivity index (χ1v) is 8.56. The Hall–Kier alpha value is -1.06.